The van der Waals surface area contributed by atoms with Crippen molar-refractivity contribution in [2.75, 3.05) is 12.4 Å². The summed E-state index contributed by atoms with van der Waals surface area (Å²) in [5.74, 6) is 2.84. The van der Waals surface area contributed by atoms with Gasteiger partial charge in [-0.15, -0.1) is 5.10 Å². The largest absolute Gasteiger partial charge is 0.495 e. The fourth-order valence-electron chi connectivity index (χ4n) is 3.94. The highest BCUT2D eigenvalue weighted by Gasteiger charge is 2.22. The monoisotopic (exact) mass is 419 g/mol. The molecule has 2 heterocycles. The smallest absolute Gasteiger partial charge is 0.254 e. The minimum Gasteiger partial charge on any atom is -0.495 e. The lowest BCUT2D eigenvalue weighted by atomic mass is 9.96. The van der Waals surface area contributed by atoms with E-state index in [2.05, 4.69) is 5.32 Å². The first kappa shape index (κ1) is 18.9. The van der Waals surface area contributed by atoms with E-state index in [-0.39, 0.29) is 0 Å². The zero-order chi connectivity index (χ0) is 20.7. The van der Waals surface area contributed by atoms with Gasteiger partial charge in [-0.25, -0.2) is 4.98 Å². The van der Waals surface area contributed by atoms with Crippen molar-refractivity contribution < 1.29 is 4.74 Å². The molecule has 0 unspecified atom stereocenters. The van der Waals surface area contributed by atoms with Crippen molar-refractivity contribution in [1.82, 2.24) is 19.6 Å². The van der Waals surface area contributed by atoms with Crippen LogP contribution in [0.4, 0.5) is 11.5 Å². The predicted octanol–water partition coefficient (Wildman–Crippen LogP) is 5.38. The Morgan fingerprint density at radius 2 is 1.87 bits per heavy atom. The molecule has 4 aromatic rings. The molecule has 0 amide bonds. The maximum absolute atomic E-state index is 6.30. The molecule has 1 N–H and O–H groups in total. The van der Waals surface area contributed by atoms with Crippen LogP contribution in [0.1, 0.15) is 29.7 Å². The van der Waals surface area contributed by atoms with Crippen LogP contribution in [0.15, 0.2) is 42.5 Å². The highest BCUT2D eigenvalue weighted by atomic mass is 35.5. The molecule has 152 valence electrons. The third-order valence-corrected chi connectivity index (χ3v) is 5.93. The number of nitrogens with zero attached hydrogens (tertiary/aromatic N) is 4. The Morgan fingerprint density at radius 3 is 2.67 bits per heavy atom. The number of hydrogen-bond donors (Lipinski definition) is 1. The Morgan fingerprint density at radius 1 is 1.07 bits per heavy atom. The van der Waals surface area contributed by atoms with E-state index < -0.39 is 0 Å². The van der Waals surface area contributed by atoms with Gasteiger partial charge in [0.1, 0.15) is 11.6 Å². The molecule has 0 fully saturated rings. The second-order valence-corrected chi connectivity index (χ2v) is 7.94. The van der Waals surface area contributed by atoms with E-state index in [1.807, 2.05) is 53.9 Å². The van der Waals surface area contributed by atoms with Crippen molar-refractivity contribution in [3.8, 4) is 17.1 Å². The van der Waals surface area contributed by atoms with Gasteiger partial charge in [0.15, 0.2) is 5.82 Å². The molecular weight excluding hydrogens is 398 g/mol. The Bertz CT molecular complexity index is 1240. The van der Waals surface area contributed by atoms with Crippen molar-refractivity contribution in [2.24, 2.45) is 0 Å². The predicted molar refractivity (Wildman–Crippen MR) is 119 cm³/mol. The van der Waals surface area contributed by atoms with Gasteiger partial charge in [-0.1, -0.05) is 41.9 Å². The molecule has 1 aliphatic carbocycles. The van der Waals surface area contributed by atoms with Gasteiger partial charge in [0.25, 0.3) is 5.78 Å². The third-order valence-electron chi connectivity index (χ3n) is 5.53. The minimum absolute atomic E-state index is 0.599. The molecule has 5 rings (SSSR count). The number of fused-ring (bicyclic) bond motifs is 2. The number of halogens is 1. The molecule has 30 heavy (non-hydrogen) atoms. The van der Waals surface area contributed by atoms with Gasteiger partial charge in [0, 0.05) is 22.2 Å². The van der Waals surface area contributed by atoms with Crippen molar-refractivity contribution in [2.45, 2.75) is 32.6 Å². The van der Waals surface area contributed by atoms with Gasteiger partial charge in [-0.2, -0.15) is 9.50 Å². The van der Waals surface area contributed by atoms with E-state index in [0.717, 1.165) is 54.0 Å². The number of benzene rings is 2. The molecule has 0 saturated carbocycles. The summed E-state index contributed by atoms with van der Waals surface area (Å²) in [6.45, 7) is 1.98. The average Bonchev–Trinajstić information content (AvgIpc) is 3.20. The quantitative estimate of drug-likeness (QED) is 0.480. The van der Waals surface area contributed by atoms with E-state index in [9.17, 15) is 0 Å². The summed E-state index contributed by atoms with van der Waals surface area (Å²) in [5, 5.41) is 9.03. The summed E-state index contributed by atoms with van der Waals surface area (Å²) in [6, 6.07) is 13.8. The van der Waals surface area contributed by atoms with Crippen LogP contribution >= 0.6 is 11.6 Å². The van der Waals surface area contributed by atoms with E-state index in [0.29, 0.717) is 22.4 Å². The Hall–Kier alpha value is -3.12. The zero-order valence-corrected chi connectivity index (χ0v) is 17.7. The standard InChI is InChI=1S/C23H22ClN5O/c1-14-12-19(20(30-2)13-17(14)24)25-22-16-10-6-7-11-18(16)26-23-27-21(28-29(22)23)15-8-4-3-5-9-15/h3-5,8-9,12-13,25H,6-7,10-11H2,1-2H3. The lowest BCUT2D eigenvalue weighted by Crippen LogP contribution is -2.14. The van der Waals surface area contributed by atoms with E-state index in [1.165, 1.54) is 5.56 Å². The maximum Gasteiger partial charge on any atom is 0.254 e. The normalized spacial score (nSPS) is 13.3. The Labute approximate surface area is 179 Å². The Balaban J connectivity index is 1.70. The summed E-state index contributed by atoms with van der Waals surface area (Å²) in [4.78, 5) is 9.55. The highest BCUT2D eigenvalue weighted by Crippen LogP contribution is 2.36. The van der Waals surface area contributed by atoms with Gasteiger partial charge >= 0.3 is 0 Å². The first-order valence-corrected chi connectivity index (χ1v) is 10.5. The van der Waals surface area contributed by atoms with Gasteiger partial charge in [0.05, 0.1) is 18.5 Å². The molecule has 7 heteroatoms. The molecule has 6 nitrogen and oxygen atoms in total. The molecule has 1 aliphatic rings. The Kier molecular flexibility index (Phi) is 4.79. The topological polar surface area (TPSA) is 64.3 Å². The van der Waals surface area contributed by atoms with Crippen LogP contribution < -0.4 is 10.1 Å². The van der Waals surface area contributed by atoms with Crippen LogP contribution in [-0.2, 0) is 12.8 Å². The van der Waals surface area contributed by atoms with Crippen molar-refractivity contribution in [1.29, 1.82) is 0 Å². The van der Waals surface area contributed by atoms with Crippen LogP contribution in [0.25, 0.3) is 17.2 Å². The van der Waals surface area contributed by atoms with Crippen molar-refractivity contribution in [3.63, 3.8) is 0 Å². The molecular formula is C23H22ClN5O. The van der Waals surface area contributed by atoms with Crippen LogP contribution in [0.3, 0.4) is 0 Å². The van der Waals surface area contributed by atoms with Crippen molar-refractivity contribution in [3.05, 3.63) is 64.3 Å². The fourth-order valence-corrected chi connectivity index (χ4v) is 4.09. The van der Waals surface area contributed by atoms with Crippen LogP contribution in [0.2, 0.25) is 5.02 Å². The second-order valence-electron chi connectivity index (χ2n) is 7.53. The molecule has 2 aromatic carbocycles. The fraction of sp³-hybridized carbons (Fsp3) is 0.261. The number of anilines is 2. The molecule has 0 radical (unpaired) electrons. The van der Waals surface area contributed by atoms with E-state index in [4.69, 9.17) is 31.4 Å². The number of aryl methyl sites for hydroxylation is 2. The summed E-state index contributed by atoms with van der Waals surface area (Å²) in [7, 11) is 1.65. The van der Waals surface area contributed by atoms with Gasteiger partial charge < -0.3 is 10.1 Å². The van der Waals surface area contributed by atoms with Gasteiger partial charge in [0.2, 0.25) is 0 Å². The molecule has 2 aromatic heterocycles. The van der Waals surface area contributed by atoms with Crippen molar-refractivity contribution >= 4 is 28.9 Å². The van der Waals surface area contributed by atoms with E-state index in [1.54, 1.807) is 7.11 Å². The molecule has 0 spiro atoms. The van der Waals surface area contributed by atoms with Gasteiger partial charge in [-0.3, -0.25) is 0 Å². The molecule has 0 aliphatic heterocycles. The molecule has 0 bridgehead atoms. The maximum atomic E-state index is 6.30. The number of nitrogens with one attached hydrogen (secondary N) is 1. The second kappa shape index (κ2) is 7.61. The van der Waals surface area contributed by atoms with Crippen LogP contribution in [0.5, 0.6) is 5.75 Å². The van der Waals surface area contributed by atoms with Gasteiger partial charge in [-0.05, 0) is 44.2 Å². The summed E-state index contributed by atoms with van der Waals surface area (Å²) < 4.78 is 7.39. The first-order valence-electron chi connectivity index (χ1n) is 10.1. The SMILES string of the molecule is COc1cc(Cl)c(C)cc1Nc1c2c(nc3nc(-c4ccccc4)nn13)CCCC2. The number of hydrogen-bond acceptors (Lipinski definition) is 5. The number of methoxy groups -OCH3 is 1. The molecule has 0 saturated heterocycles. The summed E-state index contributed by atoms with van der Waals surface area (Å²) >= 11 is 6.30. The summed E-state index contributed by atoms with van der Waals surface area (Å²) in [5.41, 5.74) is 5.06. The lowest BCUT2D eigenvalue weighted by molar-refractivity contribution is 0.416. The number of ether oxygens (including phenoxy) is 1. The third kappa shape index (κ3) is 3.27. The minimum atomic E-state index is 0.599. The number of rotatable bonds is 4. The number of aromatic nitrogens is 4. The first-order chi connectivity index (χ1) is 14.6. The zero-order valence-electron chi connectivity index (χ0n) is 16.9. The summed E-state index contributed by atoms with van der Waals surface area (Å²) in [6.07, 6.45) is 4.17. The van der Waals surface area contributed by atoms with Crippen LogP contribution in [0, 0.1) is 6.92 Å². The highest BCUT2D eigenvalue weighted by molar-refractivity contribution is 6.31. The van der Waals surface area contributed by atoms with Crippen LogP contribution in [-0.4, -0.2) is 26.7 Å². The average molecular weight is 420 g/mol. The lowest BCUT2D eigenvalue weighted by Gasteiger charge is -2.21. The van der Waals surface area contributed by atoms with E-state index >= 15 is 0 Å². The molecule has 0 atom stereocenters.